The average molecular weight is 239 g/mol. The van der Waals surface area contributed by atoms with E-state index in [1.807, 2.05) is 0 Å². The largest absolute Gasteiger partial charge is 0.574 e. The SMILES string of the molecule is COc1c(OC(F)(F)F)ncc(C)c1CF. The van der Waals surface area contributed by atoms with Crippen LogP contribution in [0.5, 0.6) is 11.6 Å². The highest BCUT2D eigenvalue weighted by Crippen LogP contribution is 2.34. The number of hydrogen-bond acceptors (Lipinski definition) is 3. The predicted octanol–water partition coefficient (Wildman–Crippen LogP) is 2.77. The average Bonchev–Trinajstić information content (AvgIpc) is 2.18. The van der Waals surface area contributed by atoms with Crippen LogP contribution in [0.2, 0.25) is 0 Å². The molecule has 0 N–H and O–H groups in total. The Kier molecular flexibility index (Phi) is 3.56. The molecule has 90 valence electrons. The molecule has 0 spiro atoms. The van der Waals surface area contributed by atoms with Gasteiger partial charge in [-0.15, -0.1) is 13.2 Å². The summed E-state index contributed by atoms with van der Waals surface area (Å²) < 4.78 is 56.8. The van der Waals surface area contributed by atoms with Gasteiger partial charge >= 0.3 is 6.36 Å². The monoisotopic (exact) mass is 239 g/mol. The molecule has 0 aliphatic rings. The van der Waals surface area contributed by atoms with Crippen molar-refractivity contribution in [2.24, 2.45) is 0 Å². The first-order valence-electron chi connectivity index (χ1n) is 4.23. The van der Waals surface area contributed by atoms with Crippen LogP contribution in [0.4, 0.5) is 17.6 Å². The van der Waals surface area contributed by atoms with E-state index in [2.05, 4.69) is 14.5 Å². The van der Waals surface area contributed by atoms with E-state index in [1.165, 1.54) is 6.92 Å². The fourth-order valence-corrected chi connectivity index (χ4v) is 1.16. The molecule has 0 radical (unpaired) electrons. The quantitative estimate of drug-likeness (QED) is 0.760. The van der Waals surface area contributed by atoms with Gasteiger partial charge in [-0.2, -0.15) is 0 Å². The Labute approximate surface area is 89.0 Å². The van der Waals surface area contributed by atoms with Crippen LogP contribution in [0, 0.1) is 6.92 Å². The third kappa shape index (κ3) is 2.74. The normalized spacial score (nSPS) is 11.4. The van der Waals surface area contributed by atoms with Gasteiger partial charge in [0.25, 0.3) is 5.88 Å². The number of pyridine rings is 1. The lowest BCUT2D eigenvalue weighted by Crippen LogP contribution is -2.19. The Hall–Kier alpha value is -1.53. The fraction of sp³-hybridized carbons (Fsp3) is 0.444. The molecule has 0 bridgehead atoms. The van der Waals surface area contributed by atoms with E-state index in [-0.39, 0.29) is 11.3 Å². The molecule has 0 saturated heterocycles. The standard InChI is InChI=1S/C9H9F4NO2/c1-5-4-14-8(16-9(11,12)13)7(15-2)6(5)3-10/h4H,3H2,1-2H3. The van der Waals surface area contributed by atoms with Crippen molar-refractivity contribution in [2.45, 2.75) is 20.0 Å². The summed E-state index contributed by atoms with van der Waals surface area (Å²) in [7, 11) is 1.12. The van der Waals surface area contributed by atoms with Crippen LogP contribution < -0.4 is 9.47 Å². The van der Waals surface area contributed by atoms with Gasteiger partial charge < -0.3 is 9.47 Å². The topological polar surface area (TPSA) is 31.4 Å². The molecule has 1 heterocycles. The van der Waals surface area contributed by atoms with Crippen molar-refractivity contribution in [1.29, 1.82) is 0 Å². The second-order valence-corrected chi connectivity index (χ2v) is 2.94. The summed E-state index contributed by atoms with van der Waals surface area (Å²) >= 11 is 0. The van der Waals surface area contributed by atoms with E-state index in [0.29, 0.717) is 5.56 Å². The Morgan fingerprint density at radius 1 is 1.38 bits per heavy atom. The lowest BCUT2D eigenvalue weighted by Gasteiger charge is -2.14. The van der Waals surface area contributed by atoms with E-state index >= 15 is 0 Å². The second kappa shape index (κ2) is 4.54. The zero-order valence-electron chi connectivity index (χ0n) is 8.56. The second-order valence-electron chi connectivity index (χ2n) is 2.94. The van der Waals surface area contributed by atoms with Crippen molar-refractivity contribution >= 4 is 0 Å². The minimum Gasteiger partial charge on any atom is -0.491 e. The first-order chi connectivity index (χ1) is 7.39. The van der Waals surface area contributed by atoms with Crippen LogP contribution in [0.1, 0.15) is 11.1 Å². The van der Waals surface area contributed by atoms with Crippen molar-refractivity contribution in [2.75, 3.05) is 7.11 Å². The number of ether oxygens (including phenoxy) is 2. The number of alkyl halides is 4. The Bertz CT molecular complexity index is 379. The zero-order valence-corrected chi connectivity index (χ0v) is 8.56. The number of aryl methyl sites for hydroxylation is 1. The molecular weight excluding hydrogens is 230 g/mol. The van der Waals surface area contributed by atoms with Gasteiger partial charge in [-0.05, 0) is 12.5 Å². The molecule has 1 rings (SSSR count). The first kappa shape index (κ1) is 12.5. The molecule has 0 saturated carbocycles. The number of rotatable bonds is 3. The number of methoxy groups -OCH3 is 1. The van der Waals surface area contributed by atoms with E-state index in [1.54, 1.807) is 0 Å². The van der Waals surface area contributed by atoms with Gasteiger partial charge in [0.15, 0.2) is 5.75 Å². The van der Waals surface area contributed by atoms with E-state index in [0.717, 1.165) is 13.3 Å². The van der Waals surface area contributed by atoms with E-state index in [9.17, 15) is 17.6 Å². The zero-order chi connectivity index (χ0) is 12.3. The van der Waals surface area contributed by atoms with Crippen LogP contribution in [0.15, 0.2) is 6.20 Å². The molecule has 1 aromatic rings. The third-order valence-electron chi connectivity index (χ3n) is 1.87. The summed E-state index contributed by atoms with van der Waals surface area (Å²) in [6.07, 6.45) is -3.79. The molecule has 16 heavy (non-hydrogen) atoms. The van der Waals surface area contributed by atoms with Gasteiger partial charge in [-0.1, -0.05) is 0 Å². The van der Waals surface area contributed by atoms with Gasteiger partial charge in [0.2, 0.25) is 0 Å². The highest BCUT2D eigenvalue weighted by atomic mass is 19.4. The fourth-order valence-electron chi connectivity index (χ4n) is 1.16. The smallest absolute Gasteiger partial charge is 0.491 e. The Morgan fingerprint density at radius 2 is 2.00 bits per heavy atom. The van der Waals surface area contributed by atoms with Crippen LogP contribution in [0.25, 0.3) is 0 Å². The molecule has 0 aliphatic carbocycles. The molecular formula is C9H9F4NO2. The number of hydrogen-bond donors (Lipinski definition) is 0. The highest BCUT2D eigenvalue weighted by molar-refractivity contribution is 5.45. The maximum Gasteiger partial charge on any atom is 0.574 e. The Balaban J connectivity index is 3.19. The molecule has 0 aromatic carbocycles. The van der Waals surface area contributed by atoms with Crippen molar-refractivity contribution in [3.63, 3.8) is 0 Å². The maximum absolute atomic E-state index is 12.6. The van der Waals surface area contributed by atoms with Crippen LogP contribution in [-0.2, 0) is 6.67 Å². The van der Waals surface area contributed by atoms with Crippen molar-refractivity contribution in [3.05, 3.63) is 17.3 Å². The van der Waals surface area contributed by atoms with Crippen LogP contribution >= 0.6 is 0 Å². The molecule has 7 heteroatoms. The summed E-state index contributed by atoms with van der Waals surface area (Å²) in [6, 6.07) is 0. The molecule has 1 aromatic heterocycles. The number of aromatic nitrogens is 1. The van der Waals surface area contributed by atoms with E-state index < -0.39 is 18.9 Å². The lowest BCUT2D eigenvalue weighted by atomic mass is 10.1. The summed E-state index contributed by atoms with van der Waals surface area (Å²) in [5.41, 5.74) is 0.394. The van der Waals surface area contributed by atoms with Crippen molar-refractivity contribution in [3.8, 4) is 11.6 Å². The number of halogens is 4. The number of nitrogens with zero attached hydrogens (tertiary/aromatic N) is 1. The predicted molar refractivity (Wildman–Crippen MR) is 47.0 cm³/mol. The van der Waals surface area contributed by atoms with Crippen molar-refractivity contribution < 1.29 is 27.0 Å². The minimum atomic E-state index is -4.89. The maximum atomic E-state index is 12.6. The molecule has 0 atom stereocenters. The summed E-state index contributed by atoms with van der Waals surface area (Å²) in [5.74, 6) is -1.12. The third-order valence-corrected chi connectivity index (χ3v) is 1.87. The van der Waals surface area contributed by atoms with Crippen LogP contribution in [0.3, 0.4) is 0 Å². The molecule has 0 amide bonds. The molecule has 3 nitrogen and oxygen atoms in total. The first-order valence-corrected chi connectivity index (χ1v) is 4.23. The van der Waals surface area contributed by atoms with Crippen LogP contribution in [-0.4, -0.2) is 18.5 Å². The highest BCUT2D eigenvalue weighted by Gasteiger charge is 2.34. The summed E-state index contributed by atoms with van der Waals surface area (Å²) in [6.45, 7) is 0.563. The van der Waals surface area contributed by atoms with Gasteiger partial charge in [-0.3, -0.25) is 0 Å². The van der Waals surface area contributed by atoms with Gasteiger partial charge in [0.05, 0.1) is 7.11 Å². The lowest BCUT2D eigenvalue weighted by molar-refractivity contribution is -0.276. The molecule has 0 unspecified atom stereocenters. The van der Waals surface area contributed by atoms with Gasteiger partial charge in [0.1, 0.15) is 6.67 Å². The molecule has 0 fully saturated rings. The minimum absolute atomic E-state index is 0.00301. The van der Waals surface area contributed by atoms with Gasteiger partial charge in [-0.25, -0.2) is 9.37 Å². The molecule has 0 aliphatic heterocycles. The summed E-state index contributed by atoms with van der Waals surface area (Å²) in [4.78, 5) is 3.41. The summed E-state index contributed by atoms with van der Waals surface area (Å²) in [5, 5.41) is 0. The Morgan fingerprint density at radius 3 is 2.44 bits per heavy atom. The van der Waals surface area contributed by atoms with E-state index in [4.69, 9.17) is 0 Å². The van der Waals surface area contributed by atoms with Gasteiger partial charge in [0, 0.05) is 11.8 Å². The van der Waals surface area contributed by atoms with Crippen molar-refractivity contribution in [1.82, 2.24) is 4.98 Å².